The zero-order valence-corrected chi connectivity index (χ0v) is 25.4. The van der Waals surface area contributed by atoms with Gasteiger partial charge in [0.05, 0.1) is 11.1 Å². The van der Waals surface area contributed by atoms with Crippen LogP contribution in [0.15, 0.2) is 30.3 Å². The average Bonchev–Trinajstić information content (AvgIpc) is 3.00. The van der Waals surface area contributed by atoms with Crippen molar-refractivity contribution >= 4 is 23.0 Å². The Labute approximate surface area is 252 Å². The number of carbonyl (C=O) groups is 2. The first-order chi connectivity index (χ1) is 20.7. The molecule has 43 heavy (non-hydrogen) atoms. The number of fused-ring (bicyclic) bond motifs is 4. The maximum absolute atomic E-state index is 13.6. The quantitative estimate of drug-likeness (QED) is 0.274. The Bertz CT molecular complexity index is 1890. The van der Waals surface area contributed by atoms with E-state index >= 15 is 0 Å². The molecular formula is C37H39N2O4+. The summed E-state index contributed by atoms with van der Waals surface area (Å²) >= 11 is 0. The van der Waals surface area contributed by atoms with Crippen LogP contribution in [0.1, 0.15) is 101 Å². The molecule has 5 aliphatic rings. The summed E-state index contributed by atoms with van der Waals surface area (Å²) in [6, 6.07) is 9.73. The lowest BCUT2D eigenvalue weighted by Gasteiger charge is -2.39. The smallest absolute Gasteiger partial charge is 0.336 e. The zero-order valence-electron chi connectivity index (χ0n) is 25.4. The van der Waals surface area contributed by atoms with Crippen LogP contribution in [-0.2, 0) is 25.7 Å². The van der Waals surface area contributed by atoms with Gasteiger partial charge in [0.15, 0.2) is 5.78 Å². The third-order valence-corrected chi connectivity index (χ3v) is 10.2. The summed E-state index contributed by atoms with van der Waals surface area (Å²) in [6.07, 6.45) is 8.29. The van der Waals surface area contributed by atoms with Crippen molar-refractivity contribution in [1.29, 1.82) is 0 Å². The van der Waals surface area contributed by atoms with Crippen molar-refractivity contribution in [2.24, 2.45) is 5.41 Å². The monoisotopic (exact) mass is 575 g/mol. The summed E-state index contributed by atoms with van der Waals surface area (Å²) in [7, 11) is 0. The lowest BCUT2D eigenvalue weighted by Crippen LogP contribution is -2.45. The Kier molecular flexibility index (Phi) is 5.92. The van der Waals surface area contributed by atoms with Gasteiger partial charge in [-0.15, -0.1) is 0 Å². The molecule has 220 valence electrons. The largest absolute Gasteiger partial charge is 0.478 e. The van der Waals surface area contributed by atoms with Crippen LogP contribution in [0, 0.1) is 5.41 Å². The van der Waals surface area contributed by atoms with Crippen LogP contribution in [0.25, 0.3) is 5.57 Å². The molecule has 3 aromatic rings. The van der Waals surface area contributed by atoms with Crippen LogP contribution in [-0.4, -0.2) is 43.0 Å². The molecule has 0 spiro atoms. The third kappa shape index (κ3) is 4.01. The Morgan fingerprint density at radius 2 is 1.56 bits per heavy atom. The highest BCUT2D eigenvalue weighted by Crippen LogP contribution is 2.49. The molecule has 0 saturated carbocycles. The van der Waals surface area contributed by atoms with Crippen molar-refractivity contribution in [3.05, 3.63) is 85.4 Å². The van der Waals surface area contributed by atoms with E-state index in [4.69, 9.17) is 4.74 Å². The maximum atomic E-state index is 13.6. The van der Waals surface area contributed by atoms with Crippen LogP contribution in [0.5, 0.6) is 11.5 Å². The molecule has 6 heteroatoms. The molecule has 8 rings (SSSR count). The molecule has 0 fully saturated rings. The second kappa shape index (κ2) is 9.54. The molecule has 0 saturated heterocycles. The summed E-state index contributed by atoms with van der Waals surface area (Å²) < 4.78 is 9.64. The number of Topliss-reactive ketones (excluding diaryl/α,β-unsaturated/α-hetero) is 1. The van der Waals surface area contributed by atoms with Crippen LogP contribution >= 0.6 is 0 Å². The minimum absolute atomic E-state index is 0.00569. The van der Waals surface area contributed by atoms with Crippen molar-refractivity contribution in [2.75, 3.05) is 31.1 Å². The first-order valence-corrected chi connectivity index (χ1v) is 16.1. The topological polar surface area (TPSA) is 69.9 Å². The van der Waals surface area contributed by atoms with E-state index in [-0.39, 0.29) is 11.3 Å². The summed E-state index contributed by atoms with van der Waals surface area (Å²) in [6.45, 7) is 10.0. The van der Waals surface area contributed by atoms with Gasteiger partial charge in [-0.25, -0.2) is 9.37 Å². The van der Waals surface area contributed by atoms with E-state index in [2.05, 4.69) is 21.6 Å². The molecule has 5 aliphatic heterocycles. The van der Waals surface area contributed by atoms with E-state index in [0.29, 0.717) is 11.1 Å². The fourth-order valence-corrected chi connectivity index (χ4v) is 8.32. The van der Waals surface area contributed by atoms with Gasteiger partial charge in [0.25, 0.3) is 0 Å². The standard InChI is InChI=1S/C37H38N2O4/c1-37(2,3)35(40)23-12-13-24(36(41)42)27(20-23)30-28-18-21-8-4-14-38-16-6-10-25(31(21)38)33(28)43-34-26-11-7-17-39-15-5-9-22(32(26)39)19-29(30)34/h12-13,18-20H,4-11,14-17H2,1-3H3/p+1. The van der Waals surface area contributed by atoms with Crippen molar-refractivity contribution in [1.82, 2.24) is 4.58 Å². The molecule has 3 aromatic carbocycles. The Morgan fingerprint density at radius 1 is 0.837 bits per heavy atom. The van der Waals surface area contributed by atoms with Crippen LogP contribution in [0.4, 0.5) is 5.69 Å². The average molecular weight is 576 g/mol. The molecule has 0 bridgehead atoms. The highest BCUT2D eigenvalue weighted by Gasteiger charge is 2.37. The molecule has 0 atom stereocenters. The number of hydrogen-bond acceptors (Lipinski definition) is 4. The van der Waals surface area contributed by atoms with Crippen molar-refractivity contribution < 1.29 is 19.4 Å². The molecule has 5 heterocycles. The SMILES string of the molecule is CC(C)(C)C(=O)c1ccc(C(=O)O)c(C2=c3cc4c5c(c3Oc3c2cc2c6c3CCCN6CCC2)CCC[N+]=5CCC4)c1. The number of carboxylic acids is 1. The van der Waals surface area contributed by atoms with Crippen LogP contribution in [0.2, 0.25) is 0 Å². The molecule has 0 amide bonds. The van der Waals surface area contributed by atoms with E-state index in [1.165, 1.54) is 33.3 Å². The number of aryl methyl sites for hydroxylation is 2. The molecule has 0 radical (unpaired) electrons. The highest BCUT2D eigenvalue weighted by atomic mass is 16.5. The number of hydrogen-bond donors (Lipinski definition) is 1. The minimum atomic E-state index is -0.984. The second-order valence-corrected chi connectivity index (χ2v) is 14.0. The van der Waals surface area contributed by atoms with Gasteiger partial charge >= 0.3 is 5.97 Å². The molecular weight excluding hydrogens is 536 g/mol. The highest BCUT2D eigenvalue weighted by molar-refractivity contribution is 6.04. The number of carbonyl (C=O) groups excluding carboxylic acids is 1. The van der Waals surface area contributed by atoms with Crippen LogP contribution < -0.4 is 24.8 Å². The van der Waals surface area contributed by atoms with Crippen LogP contribution in [0.3, 0.4) is 0 Å². The Balaban J connectivity index is 1.53. The number of carboxylic acid groups (broad SMARTS) is 1. The summed E-state index contributed by atoms with van der Waals surface area (Å²) in [5.74, 6) is 0.802. The van der Waals surface area contributed by atoms with Gasteiger partial charge in [-0.2, -0.15) is 0 Å². The molecule has 0 unspecified atom stereocenters. The van der Waals surface area contributed by atoms with E-state index in [1.54, 1.807) is 12.1 Å². The Morgan fingerprint density at radius 3 is 2.33 bits per heavy atom. The predicted octanol–water partition coefficient (Wildman–Crippen LogP) is 5.05. The van der Waals surface area contributed by atoms with Crippen molar-refractivity contribution in [2.45, 2.75) is 72.1 Å². The first-order valence-electron chi connectivity index (χ1n) is 16.1. The maximum Gasteiger partial charge on any atom is 0.336 e. The minimum Gasteiger partial charge on any atom is -0.478 e. The van der Waals surface area contributed by atoms with Gasteiger partial charge in [-0.1, -0.05) is 26.8 Å². The normalized spacial score (nSPS) is 18.3. The molecule has 6 nitrogen and oxygen atoms in total. The van der Waals surface area contributed by atoms with Gasteiger partial charge in [0.2, 0.25) is 5.36 Å². The summed E-state index contributed by atoms with van der Waals surface area (Å²) in [4.78, 5) is 28.9. The van der Waals surface area contributed by atoms with Gasteiger partial charge in [-0.3, -0.25) is 4.79 Å². The first kappa shape index (κ1) is 26.7. The predicted molar refractivity (Wildman–Crippen MR) is 167 cm³/mol. The van der Waals surface area contributed by atoms with E-state index in [0.717, 1.165) is 105 Å². The van der Waals surface area contributed by atoms with Gasteiger partial charge in [0.1, 0.15) is 24.6 Å². The second-order valence-electron chi connectivity index (χ2n) is 14.0. The fraction of sp³-hybridized carbons (Fsp3) is 0.432. The number of ketones is 1. The van der Waals surface area contributed by atoms with E-state index < -0.39 is 11.4 Å². The summed E-state index contributed by atoms with van der Waals surface area (Å²) in [5.41, 5.74) is 9.19. The molecule has 0 aliphatic carbocycles. The number of rotatable bonds is 3. The third-order valence-electron chi connectivity index (χ3n) is 10.2. The lowest BCUT2D eigenvalue weighted by atomic mass is 9.80. The van der Waals surface area contributed by atoms with E-state index in [1.807, 2.05) is 26.8 Å². The van der Waals surface area contributed by atoms with Gasteiger partial charge < -0.3 is 14.7 Å². The number of anilines is 1. The summed E-state index contributed by atoms with van der Waals surface area (Å²) in [5, 5.41) is 12.8. The number of benzene rings is 3. The van der Waals surface area contributed by atoms with Crippen molar-refractivity contribution in [3.63, 3.8) is 0 Å². The number of nitrogens with zero attached hydrogens (tertiary/aromatic N) is 2. The fourth-order valence-electron chi connectivity index (χ4n) is 8.32. The van der Waals surface area contributed by atoms with Crippen molar-refractivity contribution in [3.8, 4) is 11.5 Å². The molecule has 1 N–H and O–H groups in total. The lowest BCUT2D eigenvalue weighted by molar-refractivity contribution is 0.0695. The number of aromatic carboxylic acids is 1. The number of ether oxygens (including phenoxy) is 1. The Hall–Kier alpha value is -3.93. The van der Waals surface area contributed by atoms with E-state index in [9.17, 15) is 14.7 Å². The zero-order chi connectivity index (χ0) is 29.6. The molecule has 0 aromatic heterocycles. The van der Waals surface area contributed by atoms with Gasteiger partial charge in [-0.05, 0) is 73.9 Å². The van der Waals surface area contributed by atoms with Gasteiger partial charge in [0, 0.05) is 70.1 Å².